The number of nitrogens with zero attached hydrogens (tertiary/aromatic N) is 2. The molecule has 0 saturated heterocycles. The third-order valence-electron chi connectivity index (χ3n) is 5.59. The topological polar surface area (TPSA) is 68.9 Å². The summed E-state index contributed by atoms with van der Waals surface area (Å²) in [4.78, 5) is 20.6. The molecule has 120 valence electrons. The Hall–Kier alpha value is -2.04. The molecular formula is C18H20FN3O. The second kappa shape index (κ2) is 5.55. The van der Waals surface area contributed by atoms with Crippen LogP contribution in [0.25, 0.3) is 10.9 Å². The largest absolute Gasteiger partial charge is 0.368 e. The molecule has 1 aromatic heterocycles. The van der Waals surface area contributed by atoms with Crippen molar-refractivity contribution in [2.45, 2.75) is 38.5 Å². The second-order valence-electron chi connectivity index (χ2n) is 6.96. The third kappa shape index (κ3) is 2.58. The Morgan fingerprint density at radius 3 is 2.87 bits per heavy atom. The van der Waals surface area contributed by atoms with E-state index in [1.54, 1.807) is 12.1 Å². The molecule has 5 heteroatoms. The molecule has 1 aromatic carbocycles. The van der Waals surface area contributed by atoms with Crippen LogP contribution in [0.15, 0.2) is 18.2 Å². The number of para-hydroxylation sites is 1. The van der Waals surface area contributed by atoms with Gasteiger partial charge in [-0.15, -0.1) is 0 Å². The van der Waals surface area contributed by atoms with E-state index < -0.39 is 5.82 Å². The van der Waals surface area contributed by atoms with Crippen molar-refractivity contribution in [2.24, 2.45) is 17.8 Å². The molecule has 2 aliphatic carbocycles. The van der Waals surface area contributed by atoms with Crippen LogP contribution in [0, 0.1) is 23.6 Å². The van der Waals surface area contributed by atoms with Gasteiger partial charge in [-0.3, -0.25) is 4.79 Å². The van der Waals surface area contributed by atoms with Crippen molar-refractivity contribution in [1.29, 1.82) is 0 Å². The number of hydrogen-bond donors (Lipinski definition) is 1. The summed E-state index contributed by atoms with van der Waals surface area (Å²) >= 11 is 0. The van der Waals surface area contributed by atoms with Gasteiger partial charge in [-0.2, -0.15) is 0 Å². The lowest BCUT2D eigenvalue weighted by Gasteiger charge is -2.21. The number of nitrogen functional groups attached to an aromatic ring is 1. The Labute approximate surface area is 134 Å². The number of fused-ring (bicyclic) bond motifs is 3. The fraction of sp³-hybridized carbons (Fsp3) is 0.500. The van der Waals surface area contributed by atoms with Crippen molar-refractivity contribution in [3.63, 3.8) is 0 Å². The van der Waals surface area contributed by atoms with E-state index in [0.717, 1.165) is 18.3 Å². The number of anilines is 1. The highest BCUT2D eigenvalue weighted by atomic mass is 19.1. The van der Waals surface area contributed by atoms with E-state index in [0.29, 0.717) is 17.7 Å². The Balaban J connectivity index is 1.56. The van der Waals surface area contributed by atoms with E-state index in [1.807, 2.05) is 0 Å². The number of carbonyl (C=O) groups is 1. The van der Waals surface area contributed by atoms with E-state index in [2.05, 4.69) is 9.97 Å². The van der Waals surface area contributed by atoms with Gasteiger partial charge in [0, 0.05) is 11.8 Å². The van der Waals surface area contributed by atoms with Gasteiger partial charge in [-0.25, -0.2) is 14.4 Å². The number of hydrogen-bond acceptors (Lipinski definition) is 4. The van der Waals surface area contributed by atoms with Crippen molar-refractivity contribution >= 4 is 22.6 Å². The normalized spacial score (nSPS) is 26.0. The third-order valence-corrected chi connectivity index (χ3v) is 5.59. The summed E-state index contributed by atoms with van der Waals surface area (Å²) in [6, 6.07) is 4.57. The van der Waals surface area contributed by atoms with Crippen LogP contribution in [0.1, 0.15) is 49.0 Å². The van der Waals surface area contributed by atoms with E-state index in [1.165, 1.54) is 31.7 Å². The standard InChI is InChI=1S/C18H20FN3O/c19-14-3-1-2-13-16(14)21-18(20)22-17(13)15(23)7-6-12-9-10-4-5-11(12)8-10/h1-3,10-12H,4-9H2,(H2,20,21,22). The van der Waals surface area contributed by atoms with E-state index >= 15 is 0 Å². The summed E-state index contributed by atoms with van der Waals surface area (Å²) in [6.45, 7) is 0. The Morgan fingerprint density at radius 2 is 2.13 bits per heavy atom. The first-order chi connectivity index (χ1) is 11.1. The maximum absolute atomic E-state index is 13.9. The van der Waals surface area contributed by atoms with Crippen LogP contribution in [0.3, 0.4) is 0 Å². The molecule has 2 bridgehead atoms. The average molecular weight is 313 g/mol. The summed E-state index contributed by atoms with van der Waals surface area (Å²) in [7, 11) is 0. The minimum absolute atomic E-state index is 0.0501. The fourth-order valence-electron chi connectivity index (χ4n) is 4.51. The number of aromatic nitrogens is 2. The van der Waals surface area contributed by atoms with Crippen LogP contribution in [0.2, 0.25) is 0 Å². The van der Waals surface area contributed by atoms with Crippen molar-refractivity contribution in [2.75, 3.05) is 5.73 Å². The first kappa shape index (κ1) is 14.5. The predicted octanol–water partition coefficient (Wildman–Crippen LogP) is 3.75. The Morgan fingerprint density at radius 1 is 1.26 bits per heavy atom. The van der Waals surface area contributed by atoms with Gasteiger partial charge in [0.15, 0.2) is 5.78 Å². The molecule has 0 spiro atoms. The second-order valence-corrected chi connectivity index (χ2v) is 6.96. The van der Waals surface area contributed by atoms with Crippen molar-refractivity contribution in [1.82, 2.24) is 9.97 Å². The van der Waals surface area contributed by atoms with Crippen LogP contribution >= 0.6 is 0 Å². The lowest BCUT2D eigenvalue weighted by Crippen LogP contribution is -2.14. The number of benzene rings is 1. The molecule has 0 radical (unpaired) electrons. The molecule has 0 amide bonds. The van der Waals surface area contributed by atoms with Gasteiger partial charge in [-0.1, -0.05) is 18.6 Å². The molecular weight excluding hydrogens is 293 g/mol. The van der Waals surface area contributed by atoms with Crippen LogP contribution in [0.5, 0.6) is 0 Å². The number of rotatable bonds is 4. The minimum atomic E-state index is -0.473. The summed E-state index contributed by atoms with van der Waals surface area (Å²) in [6.07, 6.45) is 6.64. The molecule has 2 saturated carbocycles. The lowest BCUT2D eigenvalue weighted by molar-refractivity contribution is 0.0965. The highest BCUT2D eigenvalue weighted by molar-refractivity contribution is 6.05. The van der Waals surface area contributed by atoms with Crippen LogP contribution in [-0.4, -0.2) is 15.8 Å². The van der Waals surface area contributed by atoms with Crippen LogP contribution < -0.4 is 5.73 Å². The van der Waals surface area contributed by atoms with E-state index in [9.17, 15) is 9.18 Å². The molecule has 3 atom stereocenters. The molecule has 4 rings (SSSR count). The summed E-state index contributed by atoms with van der Waals surface area (Å²) in [5.41, 5.74) is 6.05. The molecule has 2 N–H and O–H groups in total. The molecule has 2 aromatic rings. The molecule has 23 heavy (non-hydrogen) atoms. The smallest absolute Gasteiger partial charge is 0.221 e. The highest BCUT2D eigenvalue weighted by Gasteiger charge is 2.39. The zero-order valence-electron chi connectivity index (χ0n) is 13.0. The zero-order chi connectivity index (χ0) is 16.0. The Bertz CT molecular complexity index is 776. The fourth-order valence-corrected chi connectivity index (χ4v) is 4.51. The number of nitrogens with two attached hydrogens (primary N) is 1. The summed E-state index contributed by atoms with van der Waals surface area (Å²) in [5.74, 6) is 1.77. The molecule has 3 unspecified atom stereocenters. The summed E-state index contributed by atoms with van der Waals surface area (Å²) in [5, 5.41) is 0.456. The molecule has 1 heterocycles. The maximum atomic E-state index is 13.9. The first-order valence-corrected chi connectivity index (χ1v) is 8.36. The van der Waals surface area contributed by atoms with Gasteiger partial charge in [0.2, 0.25) is 5.95 Å². The van der Waals surface area contributed by atoms with Gasteiger partial charge < -0.3 is 5.73 Å². The van der Waals surface area contributed by atoms with Crippen LogP contribution in [-0.2, 0) is 0 Å². The van der Waals surface area contributed by atoms with Crippen molar-refractivity contribution in [3.8, 4) is 0 Å². The lowest BCUT2D eigenvalue weighted by atomic mass is 9.85. The number of carbonyl (C=O) groups excluding carboxylic acids is 1. The van der Waals surface area contributed by atoms with Crippen LogP contribution in [0.4, 0.5) is 10.3 Å². The Kier molecular flexibility index (Phi) is 3.51. The van der Waals surface area contributed by atoms with Crippen molar-refractivity contribution in [3.05, 3.63) is 29.7 Å². The minimum Gasteiger partial charge on any atom is -0.368 e. The van der Waals surface area contributed by atoms with Gasteiger partial charge in [0.25, 0.3) is 0 Å². The SMILES string of the molecule is Nc1nc(C(=O)CCC2CC3CCC2C3)c2cccc(F)c2n1. The van der Waals surface area contributed by atoms with Gasteiger partial charge >= 0.3 is 0 Å². The highest BCUT2D eigenvalue weighted by Crippen LogP contribution is 2.49. The number of Topliss-reactive ketones (excluding diaryl/α,β-unsaturated/α-hetero) is 1. The van der Waals surface area contributed by atoms with Gasteiger partial charge in [-0.05, 0) is 49.5 Å². The van der Waals surface area contributed by atoms with Crippen molar-refractivity contribution < 1.29 is 9.18 Å². The number of halogens is 1. The number of ketones is 1. The molecule has 2 fully saturated rings. The molecule has 4 nitrogen and oxygen atoms in total. The van der Waals surface area contributed by atoms with Gasteiger partial charge in [0.05, 0.1) is 0 Å². The average Bonchev–Trinajstić information content (AvgIpc) is 3.15. The van der Waals surface area contributed by atoms with E-state index in [-0.39, 0.29) is 22.9 Å². The molecule has 2 aliphatic rings. The maximum Gasteiger partial charge on any atom is 0.221 e. The summed E-state index contributed by atoms with van der Waals surface area (Å²) < 4.78 is 13.9. The van der Waals surface area contributed by atoms with E-state index in [4.69, 9.17) is 5.73 Å². The monoisotopic (exact) mass is 313 g/mol. The quantitative estimate of drug-likeness (QED) is 0.873. The zero-order valence-corrected chi connectivity index (χ0v) is 13.0. The molecule has 0 aliphatic heterocycles. The first-order valence-electron chi connectivity index (χ1n) is 8.36. The van der Waals surface area contributed by atoms with Gasteiger partial charge in [0.1, 0.15) is 17.0 Å². The predicted molar refractivity (Wildman–Crippen MR) is 86.4 cm³/mol.